The lowest BCUT2D eigenvalue weighted by Crippen LogP contribution is -2.27. The maximum Gasteiger partial charge on any atom is 0.342 e. The fourth-order valence-electron chi connectivity index (χ4n) is 3.38. The summed E-state index contributed by atoms with van der Waals surface area (Å²) in [5.74, 6) is -0.488. The van der Waals surface area contributed by atoms with E-state index >= 15 is 0 Å². The van der Waals surface area contributed by atoms with Crippen LogP contribution >= 0.6 is 0 Å². The molecule has 1 N–H and O–H groups in total. The van der Waals surface area contributed by atoms with Crippen LogP contribution in [0.4, 0.5) is 5.69 Å². The fraction of sp³-hybridized carbons (Fsp3) is 0.364. The van der Waals surface area contributed by atoms with Crippen LogP contribution < -0.4 is 19.5 Å². The van der Waals surface area contributed by atoms with Crippen molar-refractivity contribution < 1.29 is 37.0 Å². The van der Waals surface area contributed by atoms with Crippen LogP contribution in [-0.2, 0) is 19.6 Å². The quantitative estimate of drug-likeness (QED) is 0.545. The number of hydrogen-bond donors (Lipinski definition) is 1. The van der Waals surface area contributed by atoms with E-state index in [9.17, 15) is 18.0 Å². The third-order valence-electron chi connectivity index (χ3n) is 5.10. The van der Waals surface area contributed by atoms with Gasteiger partial charge in [-0.2, -0.15) is 4.31 Å². The van der Waals surface area contributed by atoms with E-state index in [-0.39, 0.29) is 16.2 Å². The molecule has 178 valence electrons. The maximum absolute atomic E-state index is 12.6. The zero-order chi connectivity index (χ0) is 24.0. The van der Waals surface area contributed by atoms with E-state index in [1.54, 1.807) is 0 Å². The molecule has 3 rings (SSSR count). The number of amides is 1. The molecule has 1 amide bonds. The molecule has 0 saturated carbocycles. The predicted octanol–water partition coefficient (Wildman–Crippen LogP) is 2.29. The van der Waals surface area contributed by atoms with Crippen molar-refractivity contribution in [2.45, 2.75) is 17.7 Å². The minimum absolute atomic E-state index is 0.0689. The number of anilines is 1. The average molecular weight is 479 g/mol. The normalized spacial score (nSPS) is 13.9. The van der Waals surface area contributed by atoms with Crippen LogP contribution in [0, 0.1) is 0 Å². The van der Waals surface area contributed by atoms with Gasteiger partial charge >= 0.3 is 5.97 Å². The molecule has 1 aliphatic heterocycles. The highest BCUT2D eigenvalue weighted by molar-refractivity contribution is 7.89. The van der Waals surface area contributed by atoms with Crippen molar-refractivity contribution in [1.29, 1.82) is 0 Å². The molecule has 0 bridgehead atoms. The second-order valence-corrected chi connectivity index (χ2v) is 9.11. The van der Waals surface area contributed by atoms with Gasteiger partial charge in [-0.3, -0.25) is 4.79 Å². The summed E-state index contributed by atoms with van der Waals surface area (Å²) in [7, 11) is 0.731. The molecule has 1 saturated heterocycles. The monoisotopic (exact) mass is 478 g/mol. The molecule has 33 heavy (non-hydrogen) atoms. The van der Waals surface area contributed by atoms with Crippen LogP contribution in [0.3, 0.4) is 0 Å². The molecule has 0 radical (unpaired) electrons. The molecule has 1 heterocycles. The Morgan fingerprint density at radius 2 is 1.48 bits per heavy atom. The minimum atomic E-state index is -3.53. The molecule has 0 aliphatic carbocycles. The number of sulfonamides is 1. The van der Waals surface area contributed by atoms with Crippen LogP contribution in [0.25, 0.3) is 0 Å². The number of rotatable bonds is 9. The first-order valence-corrected chi connectivity index (χ1v) is 11.6. The summed E-state index contributed by atoms with van der Waals surface area (Å²) in [6.45, 7) is 0.470. The highest BCUT2D eigenvalue weighted by atomic mass is 32.2. The van der Waals surface area contributed by atoms with Crippen molar-refractivity contribution in [2.24, 2.45) is 0 Å². The summed E-state index contributed by atoms with van der Waals surface area (Å²) >= 11 is 0. The van der Waals surface area contributed by atoms with Gasteiger partial charge < -0.3 is 24.3 Å². The highest BCUT2D eigenvalue weighted by Crippen LogP contribution is 2.35. The summed E-state index contributed by atoms with van der Waals surface area (Å²) < 4.78 is 47.2. The van der Waals surface area contributed by atoms with E-state index in [4.69, 9.17) is 18.9 Å². The minimum Gasteiger partial charge on any atom is -0.496 e. The van der Waals surface area contributed by atoms with Gasteiger partial charge in [0.15, 0.2) is 18.1 Å². The van der Waals surface area contributed by atoms with Crippen molar-refractivity contribution in [3.8, 4) is 17.2 Å². The standard InChI is InChI=1S/C22H26N2O8S/c1-29-18-13-20(31-3)19(30-2)12-17(18)22(26)32-14-21(25)23-15-6-8-16(9-7-15)33(27,28)24-10-4-5-11-24/h6-9,12-13H,4-5,10-11,14H2,1-3H3,(H,23,25). The largest absolute Gasteiger partial charge is 0.496 e. The number of esters is 1. The summed E-state index contributed by atoms with van der Waals surface area (Å²) in [4.78, 5) is 24.9. The predicted molar refractivity (Wildman–Crippen MR) is 119 cm³/mol. The van der Waals surface area contributed by atoms with Gasteiger partial charge in [0.1, 0.15) is 11.3 Å². The highest BCUT2D eigenvalue weighted by Gasteiger charge is 2.27. The van der Waals surface area contributed by atoms with Crippen molar-refractivity contribution in [1.82, 2.24) is 4.31 Å². The lowest BCUT2D eigenvalue weighted by Gasteiger charge is -2.15. The first-order valence-electron chi connectivity index (χ1n) is 10.2. The van der Waals surface area contributed by atoms with E-state index in [0.29, 0.717) is 30.3 Å². The molecule has 2 aromatic rings. The molecule has 1 fully saturated rings. The molecule has 2 aromatic carbocycles. The Bertz CT molecular complexity index is 1110. The zero-order valence-corrected chi connectivity index (χ0v) is 19.4. The van der Waals surface area contributed by atoms with Gasteiger partial charge in [0.25, 0.3) is 5.91 Å². The molecule has 0 spiro atoms. The SMILES string of the molecule is COc1cc(OC)c(C(=O)OCC(=O)Nc2ccc(S(=O)(=O)N3CCCC3)cc2)cc1OC. The Balaban J connectivity index is 1.61. The van der Waals surface area contributed by atoms with E-state index in [0.717, 1.165) is 12.8 Å². The van der Waals surface area contributed by atoms with Crippen molar-refractivity contribution >= 4 is 27.6 Å². The van der Waals surface area contributed by atoms with Crippen molar-refractivity contribution in [2.75, 3.05) is 46.3 Å². The fourth-order valence-corrected chi connectivity index (χ4v) is 4.90. The first-order chi connectivity index (χ1) is 15.8. The number of carbonyl (C=O) groups excluding carboxylic acids is 2. The van der Waals surface area contributed by atoms with Gasteiger partial charge in [-0.05, 0) is 37.1 Å². The Labute approximate surface area is 192 Å². The maximum atomic E-state index is 12.6. The Morgan fingerprint density at radius 1 is 0.909 bits per heavy atom. The number of nitrogens with one attached hydrogen (secondary N) is 1. The molecule has 0 unspecified atom stereocenters. The summed E-state index contributed by atoms with van der Waals surface area (Å²) in [5.41, 5.74) is 0.444. The number of benzene rings is 2. The summed E-state index contributed by atoms with van der Waals surface area (Å²) in [5, 5.41) is 2.57. The molecule has 0 aromatic heterocycles. The van der Waals surface area contributed by atoms with Crippen LogP contribution in [0.1, 0.15) is 23.2 Å². The Kier molecular flexibility index (Phi) is 7.77. The van der Waals surface area contributed by atoms with Gasteiger partial charge in [0, 0.05) is 30.9 Å². The molecule has 0 atom stereocenters. The van der Waals surface area contributed by atoms with E-state index in [1.165, 1.54) is 62.0 Å². The molecule has 11 heteroatoms. The van der Waals surface area contributed by atoms with E-state index in [2.05, 4.69) is 5.32 Å². The Hall–Kier alpha value is -3.31. The van der Waals surface area contributed by atoms with Crippen molar-refractivity contribution in [3.05, 3.63) is 42.0 Å². The lowest BCUT2D eigenvalue weighted by atomic mass is 10.1. The second kappa shape index (κ2) is 10.5. The van der Waals surface area contributed by atoms with Gasteiger partial charge in [0.2, 0.25) is 10.0 Å². The van der Waals surface area contributed by atoms with Crippen LogP contribution in [0.2, 0.25) is 0 Å². The molecular formula is C22H26N2O8S. The second-order valence-electron chi connectivity index (χ2n) is 7.17. The number of ether oxygens (including phenoxy) is 4. The lowest BCUT2D eigenvalue weighted by molar-refractivity contribution is -0.119. The van der Waals surface area contributed by atoms with Crippen LogP contribution in [0.5, 0.6) is 17.2 Å². The zero-order valence-electron chi connectivity index (χ0n) is 18.6. The third kappa shape index (κ3) is 5.55. The average Bonchev–Trinajstić information content (AvgIpc) is 3.38. The van der Waals surface area contributed by atoms with Gasteiger partial charge in [0.05, 0.1) is 26.2 Å². The van der Waals surface area contributed by atoms with Gasteiger partial charge in [-0.25, -0.2) is 13.2 Å². The van der Waals surface area contributed by atoms with Gasteiger partial charge in [-0.1, -0.05) is 0 Å². The van der Waals surface area contributed by atoms with Crippen LogP contribution in [-0.4, -0.2) is 65.6 Å². The van der Waals surface area contributed by atoms with Crippen LogP contribution in [0.15, 0.2) is 41.3 Å². The number of carbonyl (C=O) groups is 2. The number of hydrogen-bond acceptors (Lipinski definition) is 8. The molecule has 10 nitrogen and oxygen atoms in total. The third-order valence-corrected chi connectivity index (χ3v) is 7.01. The van der Waals surface area contributed by atoms with Gasteiger partial charge in [-0.15, -0.1) is 0 Å². The topological polar surface area (TPSA) is 120 Å². The smallest absolute Gasteiger partial charge is 0.342 e. The molecular weight excluding hydrogens is 452 g/mol. The molecule has 1 aliphatic rings. The number of methoxy groups -OCH3 is 3. The van der Waals surface area contributed by atoms with E-state index < -0.39 is 28.5 Å². The Morgan fingerprint density at radius 3 is 2.06 bits per heavy atom. The summed E-state index contributed by atoms with van der Waals surface area (Å²) in [6, 6.07) is 8.72. The van der Waals surface area contributed by atoms with Crippen molar-refractivity contribution in [3.63, 3.8) is 0 Å². The first kappa shape index (κ1) is 24.3. The number of nitrogens with zero attached hydrogens (tertiary/aromatic N) is 1. The van der Waals surface area contributed by atoms with E-state index in [1.807, 2.05) is 0 Å². The summed E-state index contributed by atoms with van der Waals surface area (Å²) in [6.07, 6.45) is 1.70.